The van der Waals surface area contributed by atoms with E-state index in [9.17, 15) is 9.59 Å². The molecule has 0 unspecified atom stereocenters. The van der Waals surface area contributed by atoms with Gasteiger partial charge in [0.15, 0.2) is 0 Å². The van der Waals surface area contributed by atoms with Crippen molar-refractivity contribution in [1.29, 1.82) is 0 Å². The molecule has 0 bridgehead atoms. The highest BCUT2D eigenvalue weighted by Crippen LogP contribution is 2.18. The van der Waals surface area contributed by atoms with Crippen LogP contribution in [0.5, 0.6) is 0 Å². The number of hydrogen-bond donors (Lipinski definition) is 1. The Hall–Kier alpha value is -1.84. The van der Waals surface area contributed by atoms with E-state index in [1.165, 1.54) is 0 Å². The molecule has 1 aliphatic rings. The van der Waals surface area contributed by atoms with Gasteiger partial charge in [0, 0.05) is 18.7 Å². The molecule has 0 aliphatic carbocycles. The van der Waals surface area contributed by atoms with E-state index in [1.54, 1.807) is 29.2 Å². The fourth-order valence-corrected chi connectivity index (χ4v) is 2.04. The highest BCUT2D eigenvalue weighted by atomic mass is 16.4. The van der Waals surface area contributed by atoms with Gasteiger partial charge < -0.3 is 10.0 Å². The lowest BCUT2D eigenvalue weighted by Crippen LogP contribution is -2.40. The Morgan fingerprint density at radius 1 is 1.35 bits per heavy atom. The number of nitrogens with zero attached hydrogens (tertiary/aromatic N) is 1. The van der Waals surface area contributed by atoms with Gasteiger partial charge >= 0.3 is 5.97 Å². The molecule has 1 aromatic rings. The summed E-state index contributed by atoms with van der Waals surface area (Å²) in [5.41, 5.74) is 0.612. The molecule has 2 rings (SSSR count). The predicted octanol–water partition coefficient (Wildman–Crippen LogP) is 1.42. The van der Waals surface area contributed by atoms with E-state index >= 15 is 0 Å². The number of carbonyl (C=O) groups is 2. The zero-order chi connectivity index (χ0) is 12.3. The van der Waals surface area contributed by atoms with Crippen molar-refractivity contribution >= 4 is 11.9 Å². The van der Waals surface area contributed by atoms with Gasteiger partial charge in [-0.25, -0.2) is 0 Å². The van der Waals surface area contributed by atoms with Crippen molar-refractivity contribution in [3.8, 4) is 0 Å². The maximum absolute atomic E-state index is 12.0. The molecule has 1 radical (unpaired) electrons. The number of carboxylic acids is 1. The molecule has 1 aliphatic heterocycles. The van der Waals surface area contributed by atoms with Crippen molar-refractivity contribution in [2.24, 2.45) is 5.92 Å². The second kappa shape index (κ2) is 4.99. The fraction of sp³-hybridized carbons (Fsp3) is 0.385. The molecule has 0 saturated carbocycles. The molecule has 1 saturated heterocycles. The molecular weight excluding hydrogens is 218 g/mol. The minimum atomic E-state index is -0.759. The highest BCUT2D eigenvalue weighted by molar-refractivity contribution is 5.94. The summed E-state index contributed by atoms with van der Waals surface area (Å²) in [4.78, 5) is 24.5. The third-order valence-electron chi connectivity index (χ3n) is 3.09. The minimum Gasteiger partial charge on any atom is -0.481 e. The standard InChI is InChI=1S/C13H14NO3/c15-12(10-4-2-1-3-5-10)14-8-6-11(7-9-14)13(16)17/h1-2,4-5,11H,6-9H2,(H,16,17). The molecule has 1 fully saturated rings. The molecule has 1 heterocycles. The zero-order valence-electron chi connectivity index (χ0n) is 9.43. The molecule has 0 aromatic heterocycles. The van der Waals surface area contributed by atoms with Gasteiger partial charge in [0.2, 0.25) is 0 Å². The Bertz CT molecular complexity index is 408. The number of rotatable bonds is 2. The van der Waals surface area contributed by atoms with Crippen molar-refractivity contribution in [2.75, 3.05) is 13.1 Å². The lowest BCUT2D eigenvalue weighted by atomic mass is 9.96. The molecule has 1 aromatic carbocycles. The maximum Gasteiger partial charge on any atom is 0.306 e. The first-order valence-corrected chi connectivity index (χ1v) is 5.66. The van der Waals surface area contributed by atoms with Crippen LogP contribution in [0.3, 0.4) is 0 Å². The van der Waals surface area contributed by atoms with Gasteiger partial charge in [-0.3, -0.25) is 9.59 Å². The number of carboxylic acid groups (broad SMARTS) is 1. The Morgan fingerprint density at radius 2 is 2.06 bits per heavy atom. The summed E-state index contributed by atoms with van der Waals surface area (Å²) in [5.74, 6) is -1.10. The van der Waals surface area contributed by atoms with E-state index < -0.39 is 5.97 Å². The van der Waals surface area contributed by atoms with Crippen LogP contribution in [0.1, 0.15) is 23.2 Å². The number of hydrogen-bond acceptors (Lipinski definition) is 2. The smallest absolute Gasteiger partial charge is 0.306 e. The van der Waals surface area contributed by atoms with Crippen LogP contribution in [-0.4, -0.2) is 35.0 Å². The van der Waals surface area contributed by atoms with E-state index in [1.807, 2.05) is 0 Å². The third-order valence-corrected chi connectivity index (χ3v) is 3.09. The van der Waals surface area contributed by atoms with Crippen LogP contribution in [-0.2, 0) is 4.79 Å². The average molecular weight is 232 g/mol. The van der Waals surface area contributed by atoms with Gasteiger partial charge in [-0.1, -0.05) is 12.1 Å². The number of amides is 1. The summed E-state index contributed by atoms with van der Waals surface area (Å²) < 4.78 is 0. The van der Waals surface area contributed by atoms with Gasteiger partial charge in [-0.15, -0.1) is 0 Å². The van der Waals surface area contributed by atoms with Gasteiger partial charge in [0.1, 0.15) is 0 Å². The molecule has 1 amide bonds. The normalized spacial score (nSPS) is 16.8. The Morgan fingerprint density at radius 3 is 2.59 bits per heavy atom. The van der Waals surface area contributed by atoms with Crippen molar-refractivity contribution in [2.45, 2.75) is 12.8 Å². The first-order chi connectivity index (χ1) is 8.18. The quantitative estimate of drug-likeness (QED) is 0.839. The lowest BCUT2D eigenvalue weighted by molar-refractivity contribution is -0.143. The first-order valence-electron chi connectivity index (χ1n) is 5.66. The number of benzene rings is 1. The van der Waals surface area contributed by atoms with Crippen molar-refractivity contribution in [1.82, 2.24) is 4.90 Å². The molecule has 4 heteroatoms. The van der Waals surface area contributed by atoms with Gasteiger partial charge in [-0.2, -0.15) is 0 Å². The van der Waals surface area contributed by atoms with Crippen LogP contribution in [0.25, 0.3) is 0 Å². The number of piperidine rings is 1. The predicted molar refractivity (Wildman–Crippen MR) is 61.5 cm³/mol. The Labute approximate surface area is 99.9 Å². The van der Waals surface area contributed by atoms with Gasteiger partial charge in [-0.05, 0) is 31.0 Å². The summed E-state index contributed by atoms with van der Waals surface area (Å²) in [6.07, 6.45) is 1.08. The van der Waals surface area contributed by atoms with Crippen LogP contribution in [0.2, 0.25) is 0 Å². The van der Waals surface area contributed by atoms with E-state index in [4.69, 9.17) is 5.11 Å². The third kappa shape index (κ3) is 2.64. The molecule has 17 heavy (non-hydrogen) atoms. The SMILES string of the molecule is O=C(O)C1CCN(C(=O)c2c[c]ccc2)CC1. The zero-order valence-corrected chi connectivity index (χ0v) is 9.43. The molecule has 0 spiro atoms. The molecule has 89 valence electrons. The van der Waals surface area contributed by atoms with Gasteiger partial charge in [0.05, 0.1) is 5.92 Å². The topological polar surface area (TPSA) is 57.6 Å². The largest absolute Gasteiger partial charge is 0.481 e. The maximum atomic E-state index is 12.0. The van der Waals surface area contributed by atoms with Crippen LogP contribution in [0, 0.1) is 12.0 Å². The molecular formula is C13H14NO3. The number of aliphatic carboxylic acids is 1. The molecule has 0 atom stereocenters. The summed E-state index contributed by atoms with van der Waals surface area (Å²) in [6.45, 7) is 1.04. The van der Waals surface area contributed by atoms with E-state index in [2.05, 4.69) is 6.07 Å². The lowest BCUT2D eigenvalue weighted by Gasteiger charge is -2.30. The highest BCUT2D eigenvalue weighted by Gasteiger charge is 2.27. The van der Waals surface area contributed by atoms with Gasteiger partial charge in [0.25, 0.3) is 5.91 Å². The first kappa shape index (κ1) is 11.6. The summed E-state index contributed by atoms with van der Waals surface area (Å²) in [6, 6.07) is 9.80. The Kier molecular flexibility index (Phi) is 3.42. The van der Waals surface area contributed by atoms with Crippen LogP contribution < -0.4 is 0 Å². The number of carbonyl (C=O) groups excluding carboxylic acids is 1. The van der Waals surface area contributed by atoms with Crippen molar-refractivity contribution in [3.63, 3.8) is 0 Å². The minimum absolute atomic E-state index is 0.0364. The summed E-state index contributed by atoms with van der Waals surface area (Å²) >= 11 is 0. The second-order valence-corrected chi connectivity index (χ2v) is 4.20. The molecule has 1 N–H and O–H groups in total. The van der Waals surface area contributed by atoms with Crippen molar-refractivity contribution < 1.29 is 14.7 Å². The second-order valence-electron chi connectivity index (χ2n) is 4.20. The monoisotopic (exact) mass is 232 g/mol. The van der Waals surface area contributed by atoms with E-state index in [0.29, 0.717) is 31.5 Å². The summed E-state index contributed by atoms with van der Waals surface area (Å²) in [7, 11) is 0. The summed E-state index contributed by atoms with van der Waals surface area (Å²) in [5, 5.41) is 8.87. The molecule has 4 nitrogen and oxygen atoms in total. The van der Waals surface area contributed by atoms with Crippen LogP contribution in [0.15, 0.2) is 24.3 Å². The van der Waals surface area contributed by atoms with E-state index in [0.717, 1.165) is 0 Å². The van der Waals surface area contributed by atoms with E-state index in [-0.39, 0.29) is 11.8 Å². The van der Waals surface area contributed by atoms with Crippen LogP contribution >= 0.6 is 0 Å². The van der Waals surface area contributed by atoms with Crippen molar-refractivity contribution in [3.05, 3.63) is 35.9 Å². The Balaban J connectivity index is 1.98. The van der Waals surface area contributed by atoms with Crippen LogP contribution in [0.4, 0.5) is 0 Å². The average Bonchev–Trinajstić information content (AvgIpc) is 2.39. The fourth-order valence-electron chi connectivity index (χ4n) is 2.04. The number of likely N-dealkylation sites (tertiary alicyclic amines) is 1.